The van der Waals surface area contributed by atoms with Crippen LogP contribution in [0.15, 0.2) is 24.3 Å². The third kappa shape index (κ3) is 4.78. The number of carbonyl (C=O) groups is 1. The van der Waals surface area contributed by atoms with Crippen LogP contribution in [0.3, 0.4) is 0 Å². The van der Waals surface area contributed by atoms with Gasteiger partial charge in [-0.25, -0.2) is 0 Å². The molecule has 1 aromatic carbocycles. The van der Waals surface area contributed by atoms with Gasteiger partial charge in [-0.1, -0.05) is 18.2 Å². The minimum absolute atomic E-state index is 0.0692. The first-order valence-corrected chi connectivity index (χ1v) is 4.92. The number of aliphatic carboxylic acids is 1. The number of halogens is 2. The molecule has 0 fully saturated rings. The number of nitrogens with zero attached hydrogens (tertiary/aromatic N) is 1. The Kier molecular flexibility index (Phi) is 4.84. The van der Waals surface area contributed by atoms with Crippen molar-refractivity contribution in [3.05, 3.63) is 29.8 Å². The highest BCUT2D eigenvalue weighted by Gasteiger charge is 2.11. The number of carboxylic acids is 1. The molecule has 0 bridgehead atoms. The summed E-state index contributed by atoms with van der Waals surface area (Å²) < 4.78 is 28.6. The summed E-state index contributed by atoms with van der Waals surface area (Å²) in [6, 6.07) is 6.31. The fourth-order valence-electron chi connectivity index (χ4n) is 1.42. The molecule has 0 amide bonds. The Morgan fingerprint density at radius 3 is 2.71 bits per heavy atom. The molecule has 0 aliphatic heterocycles. The van der Waals surface area contributed by atoms with E-state index in [-0.39, 0.29) is 18.8 Å². The van der Waals surface area contributed by atoms with Gasteiger partial charge in [0.1, 0.15) is 5.75 Å². The summed E-state index contributed by atoms with van der Waals surface area (Å²) in [7, 11) is 1.59. The van der Waals surface area contributed by atoms with Gasteiger partial charge in [-0.15, -0.1) is 0 Å². The molecule has 6 heteroatoms. The molecule has 0 spiro atoms. The van der Waals surface area contributed by atoms with Gasteiger partial charge < -0.3 is 9.84 Å². The molecular weight excluding hydrogens is 232 g/mol. The SMILES string of the molecule is CN(CC(=O)O)Cc1ccccc1OC(F)F. The summed E-state index contributed by atoms with van der Waals surface area (Å²) in [5.41, 5.74) is 0.525. The quantitative estimate of drug-likeness (QED) is 0.830. The van der Waals surface area contributed by atoms with Crippen LogP contribution in [0, 0.1) is 0 Å². The molecule has 4 nitrogen and oxygen atoms in total. The van der Waals surface area contributed by atoms with E-state index in [9.17, 15) is 13.6 Å². The molecular formula is C11H13F2NO3. The zero-order valence-corrected chi connectivity index (χ0v) is 9.27. The smallest absolute Gasteiger partial charge is 0.387 e. The van der Waals surface area contributed by atoms with E-state index in [0.29, 0.717) is 5.56 Å². The molecule has 0 aromatic heterocycles. The van der Waals surface area contributed by atoms with Crippen LogP contribution in [0.25, 0.3) is 0 Å². The van der Waals surface area contributed by atoms with Crippen molar-refractivity contribution in [2.75, 3.05) is 13.6 Å². The number of hydrogen-bond donors (Lipinski definition) is 1. The predicted molar refractivity (Wildman–Crippen MR) is 57.0 cm³/mol. The van der Waals surface area contributed by atoms with Crippen LogP contribution in [0.1, 0.15) is 5.56 Å². The lowest BCUT2D eigenvalue weighted by Crippen LogP contribution is -2.25. The van der Waals surface area contributed by atoms with E-state index in [4.69, 9.17) is 5.11 Å². The number of carboxylic acid groups (broad SMARTS) is 1. The fourth-order valence-corrected chi connectivity index (χ4v) is 1.42. The number of likely N-dealkylation sites (N-methyl/N-ethyl adjacent to an activating group) is 1. The van der Waals surface area contributed by atoms with Crippen molar-refractivity contribution in [2.24, 2.45) is 0 Å². The van der Waals surface area contributed by atoms with Crippen LogP contribution in [0.2, 0.25) is 0 Å². The van der Waals surface area contributed by atoms with Gasteiger partial charge in [0.25, 0.3) is 0 Å². The number of ether oxygens (including phenoxy) is 1. The lowest BCUT2D eigenvalue weighted by Gasteiger charge is -2.16. The lowest BCUT2D eigenvalue weighted by molar-refractivity contribution is -0.138. The molecule has 0 aliphatic rings. The van der Waals surface area contributed by atoms with Gasteiger partial charge in [0.05, 0.1) is 6.54 Å². The maximum atomic E-state index is 12.1. The largest absolute Gasteiger partial charge is 0.480 e. The van der Waals surface area contributed by atoms with Crippen LogP contribution in [-0.4, -0.2) is 36.2 Å². The predicted octanol–water partition coefficient (Wildman–Crippen LogP) is 1.80. The zero-order chi connectivity index (χ0) is 12.8. The Balaban J connectivity index is 2.72. The van der Waals surface area contributed by atoms with Crippen LogP contribution >= 0.6 is 0 Å². The summed E-state index contributed by atoms with van der Waals surface area (Å²) in [4.78, 5) is 12.0. The van der Waals surface area contributed by atoms with Crippen LogP contribution in [-0.2, 0) is 11.3 Å². The summed E-state index contributed by atoms with van der Waals surface area (Å²) in [5.74, 6) is -0.903. The van der Waals surface area contributed by atoms with E-state index < -0.39 is 12.6 Å². The highest BCUT2D eigenvalue weighted by molar-refractivity contribution is 5.69. The molecule has 0 heterocycles. The molecule has 0 saturated carbocycles. The minimum atomic E-state index is -2.89. The first-order valence-electron chi connectivity index (χ1n) is 4.92. The molecule has 0 radical (unpaired) electrons. The van der Waals surface area contributed by atoms with Crippen LogP contribution in [0.5, 0.6) is 5.75 Å². The Morgan fingerprint density at radius 1 is 1.47 bits per heavy atom. The highest BCUT2D eigenvalue weighted by Crippen LogP contribution is 2.21. The van der Waals surface area contributed by atoms with E-state index in [2.05, 4.69) is 4.74 Å². The van der Waals surface area contributed by atoms with Crippen molar-refractivity contribution in [2.45, 2.75) is 13.2 Å². The first-order chi connectivity index (χ1) is 7.99. The molecule has 0 aliphatic carbocycles. The first kappa shape index (κ1) is 13.4. The standard InChI is InChI=1S/C11H13F2NO3/c1-14(7-10(15)16)6-8-4-2-3-5-9(8)17-11(12)13/h2-5,11H,6-7H2,1H3,(H,15,16). The average molecular weight is 245 g/mol. The summed E-state index contributed by atoms with van der Waals surface area (Å²) >= 11 is 0. The van der Waals surface area contributed by atoms with Gasteiger partial charge in [0.15, 0.2) is 0 Å². The van der Waals surface area contributed by atoms with E-state index in [0.717, 1.165) is 0 Å². The normalized spacial score (nSPS) is 10.9. The van der Waals surface area contributed by atoms with E-state index >= 15 is 0 Å². The Morgan fingerprint density at radius 2 is 2.12 bits per heavy atom. The van der Waals surface area contributed by atoms with Crippen molar-refractivity contribution >= 4 is 5.97 Å². The zero-order valence-electron chi connectivity index (χ0n) is 9.27. The second-order valence-corrected chi connectivity index (χ2v) is 3.55. The Labute approximate surface area is 97.4 Å². The summed E-state index contributed by atoms with van der Waals surface area (Å²) in [6.45, 7) is -2.82. The minimum Gasteiger partial charge on any atom is -0.480 e. The molecule has 1 aromatic rings. The Hall–Kier alpha value is -1.69. The number of para-hydroxylation sites is 1. The topological polar surface area (TPSA) is 49.8 Å². The monoisotopic (exact) mass is 245 g/mol. The number of hydrogen-bond acceptors (Lipinski definition) is 3. The van der Waals surface area contributed by atoms with Crippen molar-refractivity contribution in [3.63, 3.8) is 0 Å². The highest BCUT2D eigenvalue weighted by atomic mass is 19.3. The maximum Gasteiger partial charge on any atom is 0.387 e. The fraction of sp³-hybridized carbons (Fsp3) is 0.364. The van der Waals surface area contributed by atoms with Gasteiger partial charge >= 0.3 is 12.6 Å². The number of alkyl halides is 2. The van der Waals surface area contributed by atoms with Crippen LogP contribution in [0.4, 0.5) is 8.78 Å². The van der Waals surface area contributed by atoms with Gasteiger partial charge in [-0.3, -0.25) is 9.69 Å². The molecule has 17 heavy (non-hydrogen) atoms. The van der Waals surface area contributed by atoms with E-state index in [1.807, 2.05) is 0 Å². The molecule has 1 N–H and O–H groups in total. The number of benzene rings is 1. The molecule has 0 saturated heterocycles. The van der Waals surface area contributed by atoms with E-state index in [1.165, 1.54) is 11.0 Å². The van der Waals surface area contributed by atoms with Crippen LogP contribution < -0.4 is 4.74 Å². The molecule has 1 rings (SSSR count). The van der Waals surface area contributed by atoms with Gasteiger partial charge in [0, 0.05) is 12.1 Å². The van der Waals surface area contributed by atoms with Gasteiger partial charge in [-0.2, -0.15) is 8.78 Å². The lowest BCUT2D eigenvalue weighted by atomic mass is 10.2. The maximum absolute atomic E-state index is 12.1. The van der Waals surface area contributed by atoms with Gasteiger partial charge in [-0.05, 0) is 13.1 Å². The summed E-state index contributed by atoms with van der Waals surface area (Å²) in [5, 5.41) is 8.58. The molecule has 94 valence electrons. The second-order valence-electron chi connectivity index (χ2n) is 3.55. The Bertz CT molecular complexity index is 385. The van der Waals surface area contributed by atoms with Crippen molar-refractivity contribution in [1.29, 1.82) is 0 Å². The van der Waals surface area contributed by atoms with Gasteiger partial charge in [0.2, 0.25) is 0 Å². The number of rotatable bonds is 6. The van der Waals surface area contributed by atoms with Crippen molar-refractivity contribution in [3.8, 4) is 5.75 Å². The third-order valence-electron chi connectivity index (χ3n) is 2.03. The third-order valence-corrected chi connectivity index (χ3v) is 2.03. The van der Waals surface area contributed by atoms with Crippen molar-refractivity contribution in [1.82, 2.24) is 4.90 Å². The van der Waals surface area contributed by atoms with E-state index in [1.54, 1.807) is 25.2 Å². The second kappa shape index (κ2) is 6.15. The average Bonchev–Trinajstić information content (AvgIpc) is 2.18. The van der Waals surface area contributed by atoms with Crippen molar-refractivity contribution < 1.29 is 23.4 Å². The molecule has 0 unspecified atom stereocenters. The summed E-state index contributed by atoms with van der Waals surface area (Å²) in [6.07, 6.45) is 0. The molecule has 0 atom stereocenters.